The Bertz CT molecular complexity index is 1210. The van der Waals surface area contributed by atoms with Gasteiger partial charge in [0.2, 0.25) is 5.91 Å². The Morgan fingerprint density at radius 2 is 2.03 bits per heavy atom. The van der Waals surface area contributed by atoms with Gasteiger partial charge >= 0.3 is 5.97 Å². The zero-order chi connectivity index (χ0) is 24.2. The number of carboxylic acid groups (broad SMARTS) is 1. The molecule has 1 aliphatic rings. The lowest BCUT2D eigenvalue weighted by Gasteiger charge is -2.27. The lowest BCUT2D eigenvalue weighted by Crippen LogP contribution is -2.51. The molecule has 0 saturated carbocycles. The molecular weight excluding hydrogens is 434 g/mol. The molecule has 178 valence electrons. The van der Waals surface area contributed by atoms with Gasteiger partial charge in [-0.2, -0.15) is 0 Å². The van der Waals surface area contributed by atoms with Gasteiger partial charge in [-0.1, -0.05) is 24.3 Å². The Labute approximate surface area is 198 Å². The zero-order valence-electron chi connectivity index (χ0n) is 19.5. The molecular formula is C26H29N3O5. The molecule has 0 bridgehead atoms. The minimum Gasteiger partial charge on any atom is -0.496 e. The van der Waals surface area contributed by atoms with Crippen LogP contribution >= 0.6 is 0 Å². The molecule has 0 unspecified atom stereocenters. The molecule has 4 rings (SSSR count). The van der Waals surface area contributed by atoms with E-state index in [0.29, 0.717) is 23.7 Å². The van der Waals surface area contributed by atoms with Crippen LogP contribution < -0.4 is 25.0 Å². The number of rotatable bonds is 8. The Kier molecular flexibility index (Phi) is 7.00. The topological polar surface area (TPSA) is 100 Å². The maximum absolute atomic E-state index is 13.7. The molecule has 0 aliphatic carbocycles. The number of carboxylic acids is 1. The van der Waals surface area contributed by atoms with Crippen LogP contribution in [0, 0.1) is 0 Å². The molecule has 8 nitrogen and oxygen atoms in total. The number of nitrogens with one attached hydrogen (secondary N) is 2. The zero-order valence-corrected chi connectivity index (χ0v) is 19.5. The van der Waals surface area contributed by atoms with Crippen LogP contribution in [0.15, 0.2) is 54.6 Å². The smallest absolute Gasteiger partial charge is 0.335 e. The fraction of sp³-hybridized carbons (Fsp3) is 0.308. The average Bonchev–Trinajstić information content (AvgIpc) is 2.98. The lowest BCUT2D eigenvalue weighted by atomic mass is 10.00. The van der Waals surface area contributed by atoms with Gasteiger partial charge < -0.3 is 30.1 Å². The molecule has 3 N–H and O–H groups in total. The molecule has 1 amide bonds. The van der Waals surface area contributed by atoms with Crippen molar-refractivity contribution >= 4 is 28.3 Å². The Morgan fingerprint density at radius 3 is 2.76 bits per heavy atom. The first-order valence-corrected chi connectivity index (χ1v) is 11.2. The van der Waals surface area contributed by atoms with Gasteiger partial charge in [0.15, 0.2) is 0 Å². The Morgan fingerprint density at radius 1 is 1.24 bits per heavy atom. The molecule has 0 radical (unpaired) electrons. The van der Waals surface area contributed by atoms with Gasteiger partial charge in [0.25, 0.3) is 0 Å². The maximum atomic E-state index is 13.7. The number of para-hydroxylation sites is 2. The molecule has 0 aromatic heterocycles. The lowest BCUT2D eigenvalue weighted by molar-refractivity contribution is -0.121. The van der Waals surface area contributed by atoms with Gasteiger partial charge in [0.05, 0.1) is 24.9 Å². The quantitative estimate of drug-likeness (QED) is 0.472. The second-order valence-electron chi connectivity index (χ2n) is 8.34. The summed E-state index contributed by atoms with van der Waals surface area (Å²) in [6.45, 7) is 3.10. The van der Waals surface area contributed by atoms with Crippen LogP contribution in [0.5, 0.6) is 11.5 Å². The molecule has 3 aromatic carbocycles. The molecule has 3 aromatic rings. The van der Waals surface area contributed by atoms with E-state index in [2.05, 4.69) is 10.6 Å². The number of aromatic carboxylic acids is 1. The third-order valence-electron chi connectivity index (χ3n) is 6.16. The summed E-state index contributed by atoms with van der Waals surface area (Å²) in [6.07, 6.45) is 0. The Hall–Kier alpha value is -3.62. The van der Waals surface area contributed by atoms with Crippen LogP contribution in [0.25, 0.3) is 10.8 Å². The van der Waals surface area contributed by atoms with Crippen molar-refractivity contribution in [1.29, 1.82) is 0 Å². The van der Waals surface area contributed by atoms with Crippen molar-refractivity contribution in [3.8, 4) is 11.5 Å². The van der Waals surface area contributed by atoms with Gasteiger partial charge in [0, 0.05) is 18.2 Å². The van der Waals surface area contributed by atoms with Crippen molar-refractivity contribution in [2.24, 2.45) is 0 Å². The summed E-state index contributed by atoms with van der Waals surface area (Å²) >= 11 is 0. The number of fused-ring (bicyclic) bond motifs is 2. The number of carbonyl (C=O) groups is 2. The summed E-state index contributed by atoms with van der Waals surface area (Å²) < 4.78 is 11.6. The van der Waals surface area contributed by atoms with Crippen molar-refractivity contribution in [1.82, 2.24) is 10.6 Å². The van der Waals surface area contributed by atoms with Gasteiger partial charge in [-0.3, -0.25) is 4.79 Å². The molecule has 1 heterocycles. The van der Waals surface area contributed by atoms with E-state index in [0.717, 1.165) is 16.3 Å². The van der Waals surface area contributed by atoms with Crippen LogP contribution in [0.3, 0.4) is 0 Å². The van der Waals surface area contributed by atoms with E-state index in [1.807, 2.05) is 44.3 Å². The predicted molar refractivity (Wildman–Crippen MR) is 131 cm³/mol. The minimum absolute atomic E-state index is 0.102. The third-order valence-corrected chi connectivity index (χ3v) is 6.16. The number of benzene rings is 3. The predicted octanol–water partition coefficient (Wildman–Crippen LogP) is 3.04. The molecule has 1 aliphatic heterocycles. The average molecular weight is 464 g/mol. The number of ether oxygens (including phenoxy) is 2. The number of anilines is 1. The van der Waals surface area contributed by atoms with Gasteiger partial charge in [-0.25, -0.2) is 4.79 Å². The summed E-state index contributed by atoms with van der Waals surface area (Å²) in [5, 5.41) is 17.5. The van der Waals surface area contributed by atoms with Crippen molar-refractivity contribution < 1.29 is 24.2 Å². The van der Waals surface area contributed by atoms with E-state index in [-0.39, 0.29) is 30.7 Å². The SMILES string of the molecule is CN[C@@H](C)CN[C@H]1COc2ccccc2N(Cc2c(OC)ccc3cc(C(=O)O)ccc23)C1=O. The first kappa shape index (κ1) is 23.5. The summed E-state index contributed by atoms with van der Waals surface area (Å²) in [7, 11) is 3.46. The molecule has 0 spiro atoms. The summed E-state index contributed by atoms with van der Waals surface area (Å²) in [4.78, 5) is 26.9. The van der Waals surface area contributed by atoms with Gasteiger partial charge in [-0.15, -0.1) is 0 Å². The number of nitrogens with zero attached hydrogens (tertiary/aromatic N) is 1. The number of likely N-dealkylation sites (N-methyl/N-ethyl adjacent to an activating group) is 1. The second-order valence-corrected chi connectivity index (χ2v) is 8.34. The third kappa shape index (κ3) is 4.69. The fourth-order valence-corrected chi connectivity index (χ4v) is 4.10. The van der Waals surface area contributed by atoms with E-state index >= 15 is 0 Å². The molecule has 8 heteroatoms. The molecule has 34 heavy (non-hydrogen) atoms. The largest absolute Gasteiger partial charge is 0.496 e. The number of carbonyl (C=O) groups excluding carboxylic acids is 1. The standard InChI is InChI=1S/C26H29N3O5/c1-16(27-2)13-28-21-15-34-24-7-5-4-6-22(24)29(25(21)30)14-20-19-10-8-18(26(31)32)12-17(19)9-11-23(20)33-3/h4-12,16,21,27-28H,13-15H2,1-3H3,(H,31,32)/t16-,21-/m0/s1. The van der Waals surface area contributed by atoms with Crippen LogP contribution in [-0.2, 0) is 11.3 Å². The fourth-order valence-electron chi connectivity index (χ4n) is 4.10. The van der Waals surface area contributed by atoms with Crippen LogP contribution in [0.4, 0.5) is 5.69 Å². The van der Waals surface area contributed by atoms with Crippen molar-refractivity contribution in [3.05, 3.63) is 65.7 Å². The Balaban J connectivity index is 1.76. The summed E-state index contributed by atoms with van der Waals surface area (Å²) in [6, 6.07) is 15.7. The van der Waals surface area contributed by atoms with E-state index in [9.17, 15) is 14.7 Å². The first-order chi connectivity index (χ1) is 16.4. The highest BCUT2D eigenvalue weighted by Gasteiger charge is 2.32. The van der Waals surface area contributed by atoms with E-state index < -0.39 is 12.0 Å². The first-order valence-electron chi connectivity index (χ1n) is 11.2. The highest BCUT2D eigenvalue weighted by atomic mass is 16.5. The molecule has 2 atom stereocenters. The highest BCUT2D eigenvalue weighted by Crippen LogP contribution is 2.36. The number of methoxy groups -OCH3 is 1. The van der Waals surface area contributed by atoms with E-state index in [1.165, 1.54) is 0 Å². The minimum atomic E-state index is -0.988. The molecule has 0 fully saturated rings. The van der Waals surface area contributed by atoms with Crippen molar-refractivity contribution in [3.63, 3.8) is 0 Å². The van der Waals surface area contributed by atoms with Gasteiger partial charge in [0.1, 0.15) is 24.1 Å². The summed E-state index contributed by atoms with van der Waals surface area (Å²) in [5.41, 5.74) is 1.68. The van der Waals surface area contributed by atoms with E-state index in [4.69, 9.17) is 9.47 Å². The number of amides is 1. The normalized spacial score (nSPS) is 16.5. The van der Waals surface area contributed by atoms with Crippen LogP contribution in [0.1, 0.15) is 22.8 Å². The maximum Gasteiger partial charge on any atom is 0.335 e. The van der Waals surface area contributed by atoms with Crippen LogP contribution in [-0.4, -0.2) is 56.4 Å². The summed E-state index contributed by atoms with van der Waals surface area (Å²) in [5.74, 6) is 0.167. The monoisotopic (exact) mass is 463 g/mol. The second kappa shape index (κ2) is 10.1. The van der Waals surface area contributed by atoms with Crippen molar-refractivity contribution in [2.75, 3.05) is 32.2 Å². The van der Waals surface area contributed by atoms with Crippen molar-refractivity contribution in [2.45, 2.75) is 25.6 Å². The molecule has 0 saturated heterocycles. The highest BCUT2D eigenvalue weighted by molar-refractivity contribution is 6.01. The number of hydrogen-bond donors (Lipinski definition) is 3. The van der Waals surface area contributed by atoms with E-state index in [1.54, 1.807) is 36.3 Å². The number of hydrogen-bond acceptors (Lipinski definition) is 6. The van der Waals surface area contributed by atoms with Crippen LogP contribution in [0.2, 0.25) is 0 Å². The van der Waals surface area contributed by atoms with Gasteiger partial charge in [-0.05, 0) is 55.1 Å².